The molecule has 0 aliphatic carbocycles. The van der Waals surface area contributed by atoms with Gasteiger partial charge < -0.3 is 19.7 Å². The molecular formula is C13H24N2O3. The van der Waals surface area contributed by atoms with Crippen molar-refractivity contribution in [3.05, 3.63) is 0 Å². The maximum atomic E-state index is 12.1. The van der Waals surface area contributed by atoms with Crippen LogP contribution in [-0.2, 0) is 14.3 Å². The minimum Gasteiger partial charge on any atom is -0.381 e. The number of nitrogens with zero attached hydrogens (tertiary/aromatic N) is 1. The highest BCUT2D eigenvalue weighted by molar-refractivity contribution is 5.80. The fraction of sp³-hybridized carbons (Fsp3) is 0.923. The van der Waals surface area contributed by atoms with Crippen LogP contribution >= 0.6 is 0 Å². The fourth-order valence-electron chi connectivity index (χ4n) is 2.41. The molecule has 1 unspecified atom stereocenters. The van der Waals surface area contributed by atoms with Gasteiger partial charge in [-0.25, -0.2) is 0 Å². The summed E-state index contributed by atoms with van der Waals surface area (Å²) in [4.78, 5) is 14.0. The van der Waals surface area contributed by atoms with E-state index in [1.807, 2.05) is 11.8 Å². The minimum absolute atomic E-state index is 0.128. The highest BCUT2D eigenvalue weighted by Gasteiger charge is 2.23. The highest BCUT2D eigenvalue weighted by Crippen LogP contribution is 2.15. The predicted octanol–water partition coefficient (Wildman–Crippen LogP) is 0.250. The fourth-order valence-corrected chi connectivity index (χ4v) is 2.41. The molecule has 2 aliphatic heterocycles. The van der Waals surface area contributed by atoms with Crippen LogP contribution in [0, 0.1) is 5.92 Å². The van der Waals surface area contributed by atoms with Crippen molar-refractivity contribution in [3.8, 4) is 0 Å². The van der Waals surface area contributed by atoms with Crippen LogP contribution in [0.5, 0.6) is 0 Å². The van der Waals surface area contributed by atoms with Gasteiger partial charge in [-0.1, -0.05) is 0 Å². The molecule has 2 heterocycles. The SMILES string of the molecule is CC(OCC1CCOCC1)C(=O)N1CCNCC1. The smallest absolute Gasteiger partial charge is 0.251 e. The molecule has 18 heavy (non-hydrogen) atoms. The van der Waals surface area contributed by atoms with E-state index in [9.17, 15) is 4.79 Å². The van der Waals surface area contributed by atoms with Crippen molar-refractivity contribution in [2.75, 3.05) is 46.0 Å². The topological polar surface area (TPSA) is 50.8 Å². The molecule has 0 saturated carbocycles. The van der Waals surface area contributed by atoms with Gasteiger partial charge in [0.1, 0.15) is 6.10 Å². The third-order valence-corrected chi connectivity index (χ3v) is 3.70. The van der Waals surface area contributed by atoms with Crippen LogP contribution in [0.2, 0.25) is 0 Å². The van der Waals surface area contributed by atoms with Crippen molar-refractivity contribution < 1.29 is 14.3 Å². The number of piperazine rings is 1. The maximum Gasteiger partial charge on any atom is 0.251 e. The summed E-state index contributed by atoms with van der Waals surface area (Å²) in [5.41, 5.74) is 0. The second-order valence-corrected chi connectivity index (χ2v) is 5.11. The number of ether oxygens (including phenoxy) is 2. The molecule has 5 heteroatoms. The molecule has 2 aliphatic rings. The zero-order valence-corrected chi connectivity index (χ0v) is 11.2. The van der Waals surface area contributed by atoms with E-state index >= 15 is 0 Å². The summed E-state index contributed by atoms with van der Waals surface area (Å²) >= 11 is 0. The molecule has 0 aromatic carbocycles. The van der Waals surface area contributed by atoms with Crippen molar-refractivity contribution >= 4 is 5.91 Å². The lowest BCUT2D eigenvalue weighted by molar-refractivity contribution is -0.144. The summed E-state index contributed by atoms with van der Waals surface area (Å²) < 4.78 is 11.0. The molecule has 1 amide bonds. The number of carbonyl (C=O) groups is 1. The van der Waals surface area contributed by atoms with Gasteiger partial charge in [0, 0.05) is 39.4 Å². The van der Waals surface area contributed by atoms with Crippen LogP contribution < -0.4 is 5.32 Å². The van der Waals surface area contributed by atoms with E-state index in [4.69, 9.17) is 9.47 Å². The summed E-state index contributed by atoms with van der Waals surface area (Å²) in [5.74, 6) is 0.681. The molecule has 1 N–H and O–H groups in total. The van der Waals surface area contributed by atoms with Gasteiger partial charge in [0.25, 0.3) is 5.91 Å². The average Bonchev–Trinajstić information content (AvgIpc) is 2.46. The zero-order valence-electron chi connectivity index (χ0n) is 11.2. The second-order valence-electron chi connectivity index (χ2n) is 5.11. The number of hydrogen-bond acceptors (Lipinski definition) is 4. The van der Waals surface area contributed by atoms with E-state index in [1.54, 1.807) is 0 Å². The molecule has 104 valence electrons. The first kappa shape index (κ1) is 13.8. The van der Waals surface area contributed by atoms with Gasteiger partial charge in [-0.05, 0) is 25.7 Å². The van der Waals surface area contributed by atoms with E-state index in [0.717, 1.165) is 52.2 Å². The molecule has 2 fully saturated rings. The second kappa shape index (κ2) is 7.07. The van der Waals surface area contributed by atoms with Crippen LogP contribution in [0.15, 0.2) is 0 Å². The summed E-state index contributed by atoms with van der Waals surface area (Å²) in [7, 11) is 0. The van der Waals surface area contributed by atoms with Gasteiger partial charge >= 0.3 is 0 Å². The number of hydrogen-bond donors (Lipinski definition) is 1. The average molecular weight is 256 g/mol. The molecule has 0 aromatic rings. The summed E-state index contributed by atoms with van der Waals surface area (Å²) in [6, 6.07) is 0. The van der Waals surface area contributed by atoms with Crippen LogP contribution in [0.4, 0.5) is 0 Å². The van der Waals surface area contributed by atoms with Crippen molar-refractivity contribution in [1.82, 2.24) is 10.2 Å². The Bertz CT molecular complexity index is 261. The standard InChI is InChI=1S/C13H24N2O3/c1-11(13(16)15-6-4-14-5-7-15)18-10-12-2-8-17-9-3-12/h11-12,14H,2-10H2,1H3. The summed E-state index contributed by atoms with van der Waals surface area (Å²) in [5, 5.41) is 3.24. The van der Waals surface area contributed by atoms with Gasteiger partial charge in [0.2, 0.25) is 0 Å². The lowest BCUT2D eigenvalue weighted by atomic mass is 10.0. The van der Waals surface area contributed by atoms with Crippen molar-refractivity contribution in [2.45, 2.75) is 25.9 Å². The van der Waals surface area contributed by atoms with Gasteiger partial charge in [-0.3, -0.25) is 4.79 Å². The number of rotatable bonds is 4. The Hall–Kier alpha value is -0.650. The zero-order chi connectivity index (χ0) is 12.8. The van der Waals surface area contributed by atoms with Gasteiger partial charge in [-0.2, -0.15) is 0 Å². The van der Waals surface area contributed by atoms with Crippen LogP contribution in [-0.4, -0.2) is 62.9 Å². The Kier molecular flexibility index (Phi) is 5.41. The molecular weight excluding hydrogens is 232 g/mol. The lowest BCUT2D eigenvalue weighted by Crippen LogP contribution is -2.49. The Balaban J connectivity index is 1.69. The molecule has 2 rings (SSSR count). The number of nitrogens with one attached hydrogen (secondary N) is 1. The Morgan fingerprint density at radius 3 is 2.72 bits per heavy atom. The maximum absolute atomic E-state index is 12.1. The Morgan fingerprint density at radius 1 is 1.39 bits per heavy atom. The van der Waals surface area contributed by atoms with Crippen molar-refractivity contribution in [3.63, 3.8) is 0 Å². The molecule has 2 saturated heterocycles. The van der Waals surface area contributed by atoms with Crippen molar-refractivity contribution in [2.24, 2.45) is 5.92 Å². The highest BCUT2D eigenvalue weighted by atomic mass is 16.5. The van der Waals surface area contributed by atoms with E-state index in [0.29, 0.717) is 12.5 Å². The van der Waals surface area contributed by atoms with Gasteiger partial charge in [0.05, 0.1) is 6.61 Å². The molecule has 0 spiro atoms. The minimum atomic E-state index is -0.314. The number of amides is 1. The molecule has 1 atom stereocenters. The predicted molar refractivity (Wildman–Crippen MR) is 68.4 cm³/mol. The third-order valence-electron chi connectivity index (χ3n) is 3.70. The normalized spacial score (nSPS) is 23.9. The van der Waals surface area contributed by atoms with Crippen molar-refractivity contribution in [1.29, 1.82) is 0 Å². The molecule has 0 aromatic heterocycles. The van der Waals surface area contributed by atoms with E-state index in [-0.39, 0.29) is 12.0 Å². The first-order valence-electron chi connectivity index (χ1n) is 6.96. The lowest BCUT2D eigenvalue weighted by Gasteiger charge is -2.30. The Morgan fingerprint density at radius 2 is 2.06 bits per heavy atom. The first-order chi connectivity index (χ1) is 8.77. The third kappa shape index (κ3) is 3.93. The van der Waals surface area contributed by atoms with Gasteiger partial charge in [0.15, 0.2) is 0 Å². The Labute approximate surface area is 109 Å². The summed E-state index contributed by atoms with van der Waals surface area (Å²) in [6.07, 6.45) is 1.79. The van der Waals surface area contributed by atoms with Crippen LogP contribution in [0.3, 0.4) is 0 Å². The van der Waals surface area contributed by atoms with E-state index in [1.165, 1.54) is 0 Å². The summed E-state index contributed by atoms with van der Waals surface area (Å²) in [6.45, 7) is 7.57. The van der Waals surface area contributed by atoms with E-state index in [2.05, 4.69) is 5.32 Å². The quantitative estimate of drug-likeness (QED) is 0.783. The van der Waals surface area contributed by atoms with Crippen LogP contribution in [0.1, 0.15) is 19.8 Å². The van der Waals surface area contributed by atoms with Crippen LogP contribution in [0.25, 0.3) is 0 Å². The molecule has 5 nitrogen and oxygen atoms in total. The van der Waals surface area contributed by atoms with E-state index < -0.39 is 0 Å². The largest absolute Gasteiger partial charge is 0.381 e. The first-order valence-corrected chi connectivity index (χ1v) is 6.96. The van der Waals surface area contributed by atoms with Gasteiger partial charge in [-0.15, -0.1) is 0 Å². The molecule has 0 radical (unpaired) electrons. The monoisotopic (exact) mass is 256 g/mol. The molecule has 0 bridgehead atoms. The number of carbonyl (C=O) groups excluding carboxylic acids is 1.